The number of anilines is 2. The highest BCUT2D eigenvalue weighted by atomic mass is 19.1. The lowest BCUT2D eigenvalue weighted by atomic mass is 10.1. The second-order valence-corrected chi connectivity index (χ2v) is 7.40. The van der Waals surface area contributed by atoms with E-state index in [1.165, 1.54) is 54.6 Å². The Morgan fingerprint density at radius 1 is 0.737 bits per heavy atom. The van der Waals surface area contributed by atoms with E-state index in [-0.39, 0.29) is 35.9 Å². The van der Waals surface area contributed by atoms with Crippen molar-refractivity contribution >= 4 is 29.6 Å². The number of hydrogen-bond donors (Lipinski definition) is 4. The highest BCUT2D eigenvalue weighted by Crippen LogP contribution is 2.14. The van der Waals surface area contributed by atoms with Gasteiger partial charge in [-0.2, -0.15) is 0 Å². The summed E-state index contributed by atoms with van der Waals surface area (Å²) in [5.41, 5.74) is 7.58. The molecule has 0 fully saturated rings. The van der Waals surface area contributed by atoms with Gasteiger partial charge >= 0.3 is 11.9 Å². The molecular formula is C29H28F2N2O5. The highest BCUT2D eigenvalue weighted by molar-refractivity contribution is 5.88. The number of benzene rings is 4. The number of carbonyl (C=O) groups excluding carboxylic acids is 1. The number of carboxylic acid groups (broad SMARTS) is 2. The lowest BCUT2D eigenvalue weighted by Gasteiger charge is -2.07. The molecule has 4 rings (SSSR count). The first kappa shape index (κ1) is 31.0. The van der Waals surface area contributed by atoms with Gasteiger partial charge in [0.15, 0.2) is 0 Å². The van der Waals surface area contributed by atoms with E-state index in [0.29, 0.717) is 24.1 Å². The van der Waals surface area contributed by atoms with Crippen LogP contribution in [0.2, 0.25) is 0 Å². The minimum Gasteiger partial charge on any atom is -0.478 e. The molecule has 0 saturated carbocycles. The van der Waals surface area contributed by atoms with Gasteiger partial charge in [-0.3, -0.25) is 4.79 Å². The molecule has 0 amide bonds. The van der Waals surface area contributed by atoms with Crippen LogP contribution in [-0.2, 0) is 6.54 Å². The van der Waals surface area contributed by atoms with Crippen LogP contribution >= 0.6 is 0 Å². The van der Waals surface area contributed by atoms with Crippen molar-refractivity contribution in [2.75, 3.05) is 11.1 Å². The molecule has 0 unspecified atom stereocenters. The molecule has 7 nitrogen and oxygen atoms in total. The lowest BCUT2D eigenvalue weighted by Crippen LogP contribution is -2.02. The van der Waals surface area contributed by atoms with E-state index in [1.54, 1.807) is 42.5 Å². The molecule has 9 heteroatoms. The van der Waals surface area contributed by atoms with Crippen LogP contribution < -0.4 is 11.1 Å². The second-order valence-electron chi connectivity index (χ2n) is 7.40. The van der Waals surface area contributed by atoms with Crippen molar-refractivity contribution in [3.63, 3.8) is 0 Å². The van der Waals surface area contributed by atoms with Gasteiger partial charge in [0.05, 0.1) is 22.5 Å². The summed E-state index contributed by atoms with van der Waals surface area (Å²) in [6.07, 6.45) is 0.672. The van der Waals surface area contributed by atoms with Crippen LogP contribution in [0.15, 0.2) is 97.1 Å². The Labute approximate surface area is 219 Å². The number of carbonyl (C=O) groups is 3. The number of halogens is 2. The van der Waals surface area contributed by atoms with Crippen molar-refractivity contribution in [3.05, 3.63) is 131 Å². The van der Waals surface area contributed by atoms with Crippen molar-refractivity contribution in [2.24, 2.45) is 0 Å². The number of aldehydes is 1. The minimum atomic E-state index is -0.984. The third kappa shape index (κ3) is 10.3. The smallest absolute Gasteiger partial charge is 0.335 e. The van der Waals surface area contributed by atoms with Gasteiger partial charge in [-0.1, -0.05) is 56.0 Å². The van der Waals surface area contributed by atoms with Crippen molar-refractivity contribution in [2.45, 2.75) is 14.0 Å². The van der Waals surface area contributed by atoms with Crippen LogP contribution in [0.25, 0.3) is 0 Å². The fourth-order valence-corrected chi connectivity index (χ4v) is 2.75. The number of aromatic carboxylic acids is 2. The van der Waals surface area contributed by atoms with Crippen molar-refractivity contribution in [3.8, 4) is 0 Å². The summed E-state index contributed by atoms with van der Waals surface area (Å²) in [5.74, 6) is -2.60. The van der Waals surface area contributed by atoms with Gasteiger partial charge in [0.25, 0.3) is 0 Å². The molecule has 0 spiro atoms. The van der Waals surface area contributed by atoms with E-state index in [4.69, 9.17) is 15.9 Å². The molecule has 4 aromatic carbocycles. The van der Waals surface area contributed by atoms with Crippen LogP contribution in [0.3, 0.4) is 0 Å². The largest absolute Gasteiger partial charge is 0.478 e. The predicted molar refractivity (Wildman–Crippen MR) is 143 cm³/mol. The summed E-state index contributed by atoms with van der Waals surface area (Å²) in [4.78, 5) is 31.1. The fourth-order valence-electron chi connectivity index (χ4n) is 2.75. The van der Waals surface area contributed by atoms with E-state index < -0.39 is 11.9 Å². The Kier molecular flexibility index (Phi) is 12.9. The normalized spacial score (nSPS) is 9.32. The zero-order valence-electron chi connectivity index (χ0n) is 19.5. The molecule has 0 aliphatic heterocycles. The van der Waals surface area contributed by atoms with Gasteiger partial charge in [-0.05, 0) is 54.1 Å². The average Bonchev–Trinajstić information content (AvgIpc) is 2.91. The third-order valence-electron chi connectivity index (χ3n) is 4.76. The van der Waals surface area contributed by atoms with Crippen molar-refractivity contribution in [1.29, 1.82) is 0 Å². The molecule has 4 aromatic rings. The number of para-hydroxylation sites is 2. The maximum atomic E-state index is 13.3. The Balaban J connectivity index is 0.000000309. The monoisotopic (exact) mass is 522 g/mol. The first-order valence-corrected chi connectivity index (χ1v) is 10.8. The van der Waals surface area contributed by atoms with Crippen LogP contribution in [0.1, 0.15) is 44.1 Å². The number of nitrogens with two attached hydrogens (primary N) is 1. The van der Waals surface area contributed by atoms with Gasteiger partial charge in [-0.25, -0.2) is 18.4 Å². The van der Waals surface area contributed by atoms with Crippen LogP contribution in [0.5, 0.6) is 0 Å². The van der Waals surface area contributed by atoms with Crippen LogP contribution in [-0.4, -0.2) is 28.4 Å². The van der Waals surface area contributed by atoms with E-state index in [0.717, 1.165) is 5.56 Å². The van der Waals surface area contributed by atoms with E-state index in [2.05, 4.69) is 5.32 Å². The summed E-state index contributed by atoms with van der Waals surface area (Å²) in [6.45, 7) is 0.445. The number of nitrogens with one attached hydrogen (secondary N) is 1. The molecule has 0 radical (unpaired) electrons. The lowest BCUT2D eigenvalue weighted by molar-refractivity contribution is 0.0686. The summed E-state index contributed by atoms with van der Waals surface area (Å²) < 4.78 is 25.5. The van der Waals surface area contributed by atoms with Gasteiger partial charge in [0.1, 0.15) is 17.9 Å². The van der Waals surface area contributed by atoms with Crippen molar-refractivity contribution < 1.29 is 33.4 Å². The summed E-state index contributed by atoms with van der Waals surface area (Å²) in [6, 6.07) is 24.8. The SMILES string of the molecule is C.Nc1ccccc1F.O=C(O)c1ccc(CNc2ccccc2F)cc1.O=Cc1ccc(C(=O)O)cc1. The second kappa shape index (κ2) is 15.8. The van der Waals surface area contributed by atoms with Crippen LogP contribution in [0.4, 0.5) is 20.2 Å². The molecule has 0 atom stereocenters. The molecule has 38 heavy (non-hydrogen) atoms. The van der Waals surface area contributed by atoms with E-state index in [9.17, 15) is 23.2 Å². The van der Waals surface area contributed by atoms with E-state index >= 15 is 0 Å². The Bertz CT molecular complexity index is 1310. The maximum absolute atomic E-state index is 13.3. The van der Waals surface area contributed by atoms with Gasteiger partial charge in [-0.15, -0.1) is 0 Å². The standard InChI is InChI=1S/C14H12FNO2.C8H6O3.C6H6FN.CH4/c15-12-3-1-2-4-13(12)16-9-10-5-7-11(8-6-10)14(17)18;9-5-6-1-3-7(4-2-6)8(10)11;7-5-3-1-2-4-6(5)8;/h1-8,16H,9H2,(H,17,18);1-5H,(H,10,11);1-4H,8H2;1H4. The zero-order valence-corrected chi connectivity index (χ0v) is 19.5. The topological polar surface area (TPSA) is 130 Å². The number of hydrogen-bond acceptors (Lipinski definition) is 5. The summed E-state index contributed by atoms with van der Waals surface area (Å²) in [5, 5.41) is 20.2. The summed E-state index contributed by atoms with van der Waals surface area (Å²) >= 11 is 0. The number of nitrogen functional groups attached to an aromatic ring is 1. The van der Waals surface area contributed by atoms with Crippen molar-refractivity contribution in [1.82, 2.24) is 0 Å². The Morgan fingerprint density at radius 3 is 1.63 bits per heavy atom. The van der Waals surface area contributed by atoms with E-state index in [1.807, 2.05) is 0 Å². The zero-order chi connectivity index (χ0) is 27.2. The third-order valence-corrected chi connectivity index (χ3v) is 4.76. The van der Waals surface area contributed by atoms with Gasteiger partial charge in [0.2, 0.25) is 0 Å². The first-order valence-electron chi connectivity index (χ1n) is 10.8. The van der Waals surface area contributed by atoms with Gasteiger partial charge in [0, 0.05) is 12.1 Å². The molecule has 0 saturated heterocycles. The average molecular weight is 523 g/mol. The number of rotatable bonds is 6. The molecule has 0 aliphatic carbocycles. The first-order chi connectivity index (χ1) is 17.7. The van der Waals surface area contributed by atoms with Gasteiger partial charge < -0.3 is 21.3 Å². The molecule has 0 heterocycles. The molecule has 0 aliphatic rings. The maximum Gasteiger partial charge on any atom is 0.335 e. The number of carboxylic acids is 2. The molecule has 0 bridgehead atoms. The minimum absolute atomic E-state index is 0. The fraction of sp³-hybridized carbons (Fsp3) is 0.0690. The predicted octanol–water partition coefficient (Wildman–Crippen LogP) is 6.38. The van der Waals surface area contributed by atoms with Crippen LogP contribution in [0, 0.1) is 11.6 Å². The quantitative estimate of drug-likeness (QED) is 0.171. The molecule has 0 aromatic heterocycles. The summed E-state index contributed by atoms with van der Waals surface area (Å²) in [7, 11) is 0. The molecule has 198 valence electrons. The molecule has 5 N–H and O–H groups in total. The highest BCUT2D eigenvalue weighted by Gasteiger charge is 2.03. The Hall–Kier alpha value is -5.05. The molecular weight excluding hydrogens is 494 g/mol. The Morgan fingerprint density at radius 2 is 1.21 bits per heavy atom.